The van der Waals surface area contributed by atoms with Crippen molar-refractivity contribution in [2.75, 3.05) is 0 Å². The maximum atomic E-state index is 12.6. The predicted molar refractivity (Wildman–Crippen MR) is 82.5 cm³/mol. The lowest BCUT2D eigenvalue weighted by atomic mass is 9.96. The Labute approximate surface area is 138 Å². The van der Waals surface area contributed by atoms with E-state index in [0.717, 1.165) is 12.8 Å². The summed E-state index contributed by atoms with van der Waals surface area (Å²) in [5, 5.41) is 16.0. The van der Waals surface area contributed by atoms with Gasteiger partial charge in [-0.3, -0.25) is 9.78 Å². The number of rotatable bonds is 5. The van der Waals surface area contributed by atoms with Crippen LogP contribution in [-0.2, 0) is 12.0 Å². The number of nitrogens with zero attached hydrogens (tertiary/aromatic N) is 3. The van der Waals surface area contributed by atoms with Crippen molar-refractivity contribution in [1.29, 1.82) is 0 Å². The largest absolute Gasteiger partial charge is 0.478 e. The Morgan fingerprint density at radius 2 is 2.12 bits per heavy atom. The van der Waals surface area contributed by atoms with Crippen LogP contribution in [0.4, 0.5) is 0 Å². The van der Waals surface area contributed by atoms with Gasteiger partial charge in [-0.1, -0.05) is 24.9 Å². The first kappa shape index (κ1) is 16.1. The topological polar surface area (TPSA) is 118 Å². The second-order valence-electron chi connectivity index (χ2n) is 5.84. The normalized spacial score (nSPS) is 16.0. The average Bonchev–Trinajstić information content (AvgIpc) is 3.24. The molecule has 126 valence electrons. The first-order valence-corrected chi connectivity index (χ1v) is 7.89. The Hall–Kier alpha value is -2.77. The molecule has 0 atom stereocenters. The quantitative estimate of drug-likeness (QED) is 0.859. The molecule has 2 aromatic rings. The monoisotopic (exact) mass is 330 g/mol. The van der Waals surface area contributed by atoms with Crippen LogP contribution < -0.4 is 5.32 Å². The summed E-state index contributed by atoms with van der Waals surface area (Å²) >= 11 is 0. The number of hydrogen-bond donors (Lipinski definition) is 2. The summed E-state index contributed by atoms with van der Waals surface area (Å²) in [6.45, 7) is 1.92. The zero-order chi connectivity index (χ0) is 17.2. The van der Waals surface area contributed by atoms with Crippen molar-refractivity contribution in [3.05, 3.63) is 41.3 Å². The Morgan fingerprint density at radius 3 is 2.75 bits per heavy atom. The number of carboxylic acid groups (broad SMARTS) is 1. The Bertz CT molecular complexity index is 765. The van der Waals surface area contributed by atoms with Gasteiger partial charge in [0.15, 0.2) is 5.82 Å². The van der Waals surface area contributed by atoms with Crippen LogP contribution in [0, 0.1) is 0 Å². The highest BCUT2D eigenvalue weighted by atomic mass is 16.5. The molecule has 8 nitrogen and oxygen atoms in total. The summed E-state index contributed by atoms with van der Waals surface area (Å²) in [4.78, 5) is 32.0. The molecule has 1 saturated carbocycles. The number of carbonyl (C=O) groups excluding carboxylic acids is 1. The maximum absolute atomic E-state index is 12.6. The molecule has 24 heavy (non-hydrogen) atoms. The van der Waals surface area contributed by atoms with Gasteiger partial charge >= 0.3 is 5.97 Å². The predicted octanol–water partition coefficient (Wildman–Crippen LogP) is 1.92. The first-order valence-electron chi connectivity index (χ1n) is 7.89. The number of carbonyl (C=O) groups is 2. The zero-order valence-electron chi connectivity index (χ0n) is 13.3. The molecule has 3 rings (SSSR count). The fourth-order valence-electron chi connectivity index (χ4n) is 2.95. The molecule has 1 fully saturated rings. The van der Waals surface area contributed by atoms with E-state index in [9.17, 15) is 9.59 Å². The van der Waals surface area contributed by atoms with Gasteiger partial charge in [0.05, 0.1) is 5.56 Å². The molecule has 0 radical (unpaired) electrons. The second-order valence-corrected chi connectivity index (χ2v) is 5.84. The Balaban J connectivity index is 1.87. The molecule has 1 amide bonds. The van der Waals surface area contributed by atoms with Crippen LogP contribution in [0.15, 0.2) is 22.9 Å². The minimum atomic E-state index is -1.10. The molecule has 0 spiro atoms. The third-order valence-corrected chi connectivity index (χ3v) is 4.25. The molecule has 2 aromatic heterocycles. The minimum absolute atomic E-state index is 0.0171. The van der Waals surface area contributed by atoms with Crippen molar-refractivity contribution < 1.29 is 19.2 Å². The fraction of sp³-hybridized carbons (Fsp3) is 0.438. The number of aromatic nitrogens is 3. The van der Waals surface area contributed by atoms with E-state index in [1.54, 1.807) is 0 Å². The number of carboxylic acids is 1. The van der Waals surface area contributed by atoms with Crippen LogP contribution >= 0.6 is 0 Å². The van der Waals surface area contributed by atoms with Crippen molar-refractivity contribution in [1.82, 2.24) is 20.4 Å². The number of pyridine rings is 1. The maximum Gasteiger partial charge on any atom is 0.335 e. The molecule has 8 heteroatoms. The number of nitrogens with one attached hydrogen (secondary N) is 1. The molecule has 0 unspecified atom stereocenters. The molecule has 0 saturated heterocycles. The van der Waals surface area contributed by atoms with Gasteiger partial charge in [0.1, 0.15) is 11.2 Å². The van der Waals surface area contributed by atoms with E-state index in [1.165, 1.54) is 18.3 Å². The average molecular weight is 330 g/mol. The Kier molecular flexibility index (Phi) is 4.28. The third-order valence-electron chi connectivity index (χ3n) is 4.25. The standard InChI is InChI=1S/C16H18N4O4/c1-2-12-18-15(20-24-12)16(6-3-4-7-16)19-13(21)11-9-10(14(22)23)5-8-17-11/h5,8-9H,2-4,6-7H2,1H3,(H,19,21)(H,22,23). The van der Waals surface area contributed by atoms with E-state index in [1.807, 2.05) is 6.92 Å². The van der Waals surface area contributed by atoms with Gasteiger partial charge in [0.25, 0.3) is 5.91 Å². The zero-order valence-corrected chi connectivity index (χ0v) is 13.3. The summed E-state index contributed by atoms with van der Waals surface area (Å²) in [5.74, 6) is -0.549. The molecule has 0 aliphatic heterocycles. The molecule has 1 aliphatic rings. The van der Waals surface area contributed by atoms with E-state index in [0.29, 0.717) is 31.0 Å². The van der Waals surface area contributed by atoms with E-state index in [2.05, 4.69) is 20.4 Å². The number of aromatic carboxylic acids is 1. The van der Waals surface area contributed by atoms with Crippen LogP contribution in [0.2, 0.25) is 0 Å². The van der Waals surface area contributed by atoms with E-state index < -0.39 is 17.4 Å². The van der Waals surface area contributed by atoms with Crippen molar-refractivity contribution in [2.24, 2.45) is 0 Å². The van der Waals surface area contributed by atoms with Gasteiger partial charge in [0, 0.05) is 12.6 Å². The lowest BCUT2D eigenvalue weighted by Gasteiger charge is -2.26. The van der Waals surface area contributed by atoms with Gasteiger partial charge in [-0.15, -0.1) is 0 Å². The van der Waals surface area contributed by atoms with E-state index in [-0.39, 0.29) is 11.3 Å². The fourth-order valence-corrected chi connectivity index (χ4v) is 2.95. The highest BCUT2D eigenvalue weighted by Gasteiger charge is 2.41. The lowest BCUT2D eigenvalue weighted by molar-refractivity contribution is 0.0696. The van der Waals surface area contributed by atoms with Crippen molar-refractivity contribution in [3.8, 4) is 0 Å². The van der Waals surface area contributed by atoms with Gasteiger partial charge in [-0.2, -0.15) is 4.98 Å². The van der Waals surface area contributed by atoms with E-state index >= 15 is 0 Å². The van der Waals surface area contributed by atoms with Gasteiger partial charge in [-0.25, -0.2) is 4.79 Å². The van der Waals surface area contributed by atoms with Crippen LogP contribution in [0.1, 0.15) is 65.2 Å². The first-order chi connectivity index (χ1) is 11.5. The van der Waals surface area contributed by atoms with Crippen LogP contribution in [0.25, 0.3) is 0 Å². The smallest absolute Gasteiger partial charge is 0.335 e. The summed E-state index contributed by atoms with van der Waals surface area (Å²) in [7, 11) is 0. The highest BCUT2D eigenvalue weighted by Crippen LogP contribution is 2.37. The van der Waals surface area contributed by atoms with Crippen LogP contribution in [-0.4, -0.2) is 32.1 Å². The number of hydrogen-bond acceptors (Lipinski definition) is 6. The molecular formula is C16H18N4O4. The van der Waals surface area contributed by atoms with Crippen LogP contribution in [0.5, 0.6) is 0 Å². The third kappa shape index (κ3) is 2.99. The van der Waals surface area contributed by atoms with Crippen molar-refractivity contribution >= 4 is 11.9 Å². The SMILES string of the molecule is CCc1nc(C2(NC(=O)c3cc(C(=O)O)ccn3)CCCC2)no1. The summed E-state index contributed by atoms with van der Waals surface area (Å²) in [6.07, 6.45) is 5.24. The van der Waals surface area contributed by atoms with E-state index in [4.69, 9.17) is 9.63 Å². The van der Waals surface area contributed by atoms with Crippen LogP contribution in [0.3, 0.4) is 0 Å². The molecule has 2 N–H and O–H groups in total. The van der Waals surface area contributed by atoms with Gasteiger partial charge in [0.2, 0.25) is 5.89 Å². The van der Waals surface area contributed by atoms with Crippen molar-refractivity contribution in [2.45, 2.75) is 44.6 Å². The highest BCUT2D eigenvalue weighted by molar-refractivity contribution is 5.96. The van der Waals surface area contributed by atoms with Gasteiger partial charge < -0.3 is 14.9 Å². The molecule has 1 aliphatic carbocycles. The van der Waals surface area contributed by atoms with Crippen molar-refractivity contribution in [3.63, 3.8) is 0 Å². The summed E-state index contributed by atoms with van der Waals surface area (Å²) in [5.41, 5.74) is -0.613. The number of amides is 1. The molecule has 0 aromatic carbocycles. The Morgan fingerprint density at radius 1 is 1.38 bits per heavy atom. The molecule has 0 bridgehead atoms. The lowest BCUT2D eigenvalue weighted by Crippen LogP contribution is -2.45. The number of aryl methyl sites for hydroxylation is 1. The molecule has 2 heterocycles. The van der Waals surface area contributed by atoms with Gasteiger partial charge in [-0.05, 0) is 25.0 Å². The summed E-state index contributed by atoms with van der Waals surface area (Å²) < 4.78 is 5.18. The summed E-state index contributed by atoms with van der Waals surface area (Å²) in [6, 6.07) is 2.60. The molecular weight excluding hydrogens is 312 g/mol. The second kappa shape index (κ2) is 6.38. The minimum Gasteiger partial charge on any atom is -0.478 e.